The molecule has 0 aliphatic carbocycles. The summed E-state index contributed by atoms with van der Waals surface area (Å²) in [5, 5.41) is 0. The lowest BCUT2D eigenvalue weighted by atomic mass is 10.2. The first-order chi connectivity index (χ1) is 8.70. The fourth-order valence-electron chi connectivity index (χ4n) is 1.67. The molecule has 0 aliphatic heterocycles. The molecule has 0 saturated carbocycles. The minimum absolute atomic E-state index is 0.271. The van der Waals surface area contributed by atoms with Gasteiger partial charge in [-0.05, 0) is 25.1 Å². The quantitative estimate of drug-likeness (QED) is 0.905. The Morgan fingerprint density at radius 2 is 2.28 bits per heavy atom. The number of rotatable bonds is 5. The van der Waals surface area contributed by atoms with Crippen LogP contribution in [0.5, 0.6) is 5.75 Å². The Kier molecular flexibility index (Phi) is 4.28. The van der Waals surface area contributed by atoms with Crippen LogP contribution >= 0.6 is 11.3 Å². The molecule has 0 atom stereocenters. The van der Waals surface area contributed by atoms with Crippen molar-refractivity contribution in [2.75, 3.05) is 6.61 Å². The molecule has 5 heteroatoms. The van der Waals surface area contributed by atoms with Crippen LogP contribution in [0.15, 0.2) is 23.7 Å². The lowest BCUT2D eigenvalue weighted by molar-refractivity contribution is 0.318. The number of nitrogens with two attached hydrogens (primary N) is 1. The number of thiazole rings is 1. The molecule has 0 bridgehead atoms. The van der Waals surface area contributed by atoms with E-state index in [1.165, 1.54) is 17.0 Å². The van der Waals surface area contributed by atoms with Crippen molar-refractivity contribution in [3.05, 3.63) is 45.7 Å². The van der Waals surface area contributed by atoms with Crippen molar-refractivity contribution in [3.8, 4) is 5.75 Å². The molecule has 1 aromatic heterocycles. The molecular formula is C13H15FN2OS. The van der Waals surface area contributed by atoms with E-state index >= 15 is 0 Å². The lowest BCUT2D eigenvalue weighted by Gasteiger charge is -2.10. The van der Waals surface area contributed by atoms with Gasteiger partial charge in [-0.3, -0.25) is 0 Å². The normalized spacial score (nSPS) is 10.6. The molecule has 0 fully saturated rings. The summed E-state index contributed by atoms with van der Waals surface area (Å²) in [5.74, 6) is 0.363. The van der Waals surface area contributed by atoms with E-state index in [1.54, 1.807) is 17.4 Å². The first-order valence-corrected chi connectivity index (χ1v) is 6.59. The fraction of sp³-hybridized carbons (Fsp3) is 0.308. The van der Waals surface area contributed by atoms with Gasteiger partial charge in [0.15, 0.2) is 0 Å². The lowest BCUT2D eigenvalue weighted by Crippen LogP contribution is -2.06. The maximum Gasteiger partial charge on any atom is 0.123 e. The Bertz CT molecular complexity index is 527. The highest BCUT2D eigenvalue weighted by atomic mass is 32.1. The Balaban J connectivity index is 1.96. The van der Waals surface area contributed by atoms with Gasteiger partial charge < -0.3 is 10.5 Å². The van der Waals surface area contributed by atoms with E-state index in [1.807, 2.05) is 12.4 Å². The second-order valence-electron chi connectivity index (χ2n) is 3.92. The second kappa shape index (κ2) is 5.93. The summed E-state index contributed by atoms with van der Waals surface area (Å²) in [4.78, 5) is 5.40. The second-order valence-corrected chi connectivity index (χ2v) is 4.85. The van der Waals surface area contributed by atoms with Crippen molar-refractivity contribution < 1.29 is 9.13 Å². The summed E-state index contributed by atoms with van der Waals surface area (Å²) in [6, 6.07) is 4.41. The Morgan fingerprint density at radius 1 is 1.44 bits per heavy atom. The van der Waals surface area contributed by atoms with E-state index in [-0.39, 0.29) is 12.4 Å². The smallest absolute Gasteiger partial charge is 0.123 e. The SMILES string of the molecule is Cc1ncsc1CCOc1ccc(F)cc1CN. The average Bonchev–Trinajstić information content (AvgIpc) is 2.77. The van der Waals surface area contributed by atoms with Crippen molar-refractivity contribution in [1.82, 2.24) is 4.98 Å². The number of hydrogen-bond donors (Lipinski definition) is 1. The van der Waals surface area contributed by atoms with Gasteiger partial charge in [0.1, 0.15) is 11.6 Å². The van der Waals surface area contributed by atoms with E-state index < -0.39 is 0 Å². The van der Waals surface area contributed by atoms with Crippen molar-refractivity contribution in [2.45, 2.75) is 19.9 Å². The van der Waals surface area contributed by atoms with Crippen LogP contribution in [0.25, 0.3) is 0 Å². The molecule has 0 radical (unpaired) electrons. The zero-order chi connectivity index (χ0) is 13.0. The van der Waals surface area contributed by atoms with Gasteiger partial charge in [0.05, 0.1) is 17.8 Å². The highest BCUT2D eigenvalue weighted by Gasteiger charge is 2.05. The third kappa shape index (κ3) is 3.05. The van der Waals surface area contributed by atoms with E-state index in [0.29, 0.717) is 17.9 Å². The average molecular weight is 266 g/mol. The van der Waals surface area contributed by atoms with Gasteiger partial charge in [-0.15, -0.1) is 11.3 Å². The maximum atomic E-state index is 13.0. The first kappa shape index (κ1) is 13.0. The van der Waals surface area contributed by atoms with E-state index in [2.05, 4.69) is 4.98 Å². The van der Waals surface area contributed by atoms with Crippen molar-refractivity contribution in [2.24, 2.45) is 5.73 Å². The summed E-state index contributed by atoms with van der Waals surface area (Å²) in [7, 11) is 0. The Labute approximate surface area is 109 Å². The largest absolute Gasteiger partial charge is 0.493 e. The van der Waals surface area contributed by atoms with Crippen LogP contribution in [0.4, 0.5) is 4.39 Å². The van der Waals surface area contributed by atoms with E-state index in [4.69, 9.17) is 10.5 Å². The van der Waals surface area contributed by atoms with Crippen LogP contribution in [0.3, 0.4) is 0 Å². The molecule has 2 N–H and O–H groups in total. The zero-order valence-electron chi connectivity index (χ0n) is 10.1. The van der Waals surface area contributed by atoms with Gasteiger partial charge in [-0.2, -0.15) is 0 Å². The van der Waals surface area contributed by atoms with Gasteiger partial charge in [-0.1, -0.05) is 0 Å². The molecule has 2 aromatic rings. The molecule has 0 aliphatic rings. The fourth-order valence-corrected chi connectivity index (χ4v) is 2.43. The monoisotopic (exact) mass is 266 g/mol. The molecule has 0 amide bonds. The first-order valence-electron chi connectivity index (χ1n) is 5.71. The topological polar surface area (TPSA) is 48.1 Å². The minimum atomic E-state index is -0.291. The standard InChI is InChI=1S/C13H15FN2OS/c1-9-13(18-8-16-9)4-5-17-12-3-2-11(14)6-10(12)7-15/h2-3,6,8H,4-5,7,15H2,1H3. The predicted molar refractivity (Wildman–Crippen MR) is 70.3 cm³/mol. The number of benzene rings is 1. The highest BCUT2D eigenvalue weighted by Crippen LogP contribution is 2.20. The van der Waals surface area contributed by atoms with Gasteiger partial charge in [0.2, 0.25) is 0 Å². The van der Waals surface area contributed by atoms with Gasteiger partial charge in [0.25, 0.3) is 0 Å². The van der Waals surface area contributed by atoms with Crippen LogP contribution in [0, 0.1) is 12.7 Å². The molecule has 1 heterocycles. The zero-order valence-corrected chi connectivity index (χ0v) is 11.0. The summed E-state index contributed by atoms with van der Waals surface area (Å²) < 4.78 is 18.7. The highest BCUT2D eigenvalue weighted by molar-refractivity contribution is 7.09. The van der Waals surface area contributed by atoms with Gasteiger partial charge in [0, 0.05) is 23.4 Å². The Morgan fingerprint density at radius 3 is 2.94 bits per heavy atom. The van der Waals surface area contributed by atoms with Crippen LogP contribution in [-0.4, -0.2) is 11.6 Å². The summed E-state index contributed by atoms with van der Waals surface area (Å²) in [5.41, 5.74) is 9.12. The van der Waals surface area contributed by atoms with Gasteiger partial charge >= 0.3 is 0 Å². The van der Waals surface area contributed by atoms with Crippen LogP contribution in [0.1, 0.15) is 16.1 Å². The molecule has 0 unspecified atom stereocenters. The van der Waals surface area contributed by atoms with Crippen LogP contribution < -0.4 is 10.5 Å². The summed E-state index contributed by atoms with van der Waals surface area (Å²) in [6.45, 7) is 2.80. The summed E-state index contributed by atoms with van der Waals surface area (Å²) in [6.07, 6.45) is 0.803. The number of hydrogen-bond acceptors (Lipinski definition) is 4. The van der Waals surface area contributed by atoms with Crippen molar-refractivity contribution in [1.29, 1.82) is 0 Å². The molecule has 18 heavy (non-hydrogen) atoms. The summed E-state index contributed by atoms with van der Waals surface area (Å²) >= 11 is 1.62. The molecule has 1 aromatic carbocycles. The predicted octanol–water partition coefficient (Wildman–Crippen LogP) is 2.67. The number of halogens is 1. The molecule has 3 nitrogen and oxygen atoms in total. The van der Waals surface area contributed by atoms with Crippen molar-refractivity contribution >= 4 is 11.3 Å². The van der Waals surface area contributed by atoms with Gasteiger partial charge in [-0.25, -0.2) is 9.37 Å². The maximum absolute atomic E-state index is 13.0. The molecule has 2 rings (SSSR count). The van der Waals surface area contributed by atoms with E-state index in [9.17, 15) is 4.39 Å². The Hall–Kier alpha value is -1.46. The molecule has 96 valence electrons. The molecule has 0 spiro atoms. The number of ether oxygens (including phenoxy) is 1. The van der Waals surface area contributed by atoms with Crippen molar-refractivity contribution in [3.63, 3.8) is 0 Å². The van der Waals surface area contributed by atoms with E-state index in [0.717, 1.165) is 12.1 Å². The number of nitrogens with zero attached hydrogens (tertiary/aromatic N) is 1. The number of aromatic nitrogens is 1. The third-order valence-corrected chi connectivity index (χ3v) is 3.67. The number of aryl methyl sites for hydroxylation is 1. The molecular weight excluding hydrogens is 251 g/mol. The van der Waals surface area contributed by atoms with Crippen LogP contribution in [-0.2, 0) is 13.0 Å². The third-order valence-electron chi connectivity index (χ3n) is 2.67. The molecule has 0 saturated heterocycles. The minimum Gasteiger partial charge on any atom is -0.493 e. The van der Waals surface area contributed by atoms with Crippen LogP contribution in [0.2, 0.25) is 0 Å².